The summed E-state index contributed by atoms with van der Waals surface area (Å²) in [6.07, 6.45) is 1.40. The number of anilines is 1. The molecule has 9 nitrogen and oxygen atoms in total. The second kappa shape index (κ2) is 13.1. The summed E-state index contributed by atoms with van der Waals surface area (Å²) in [4.78, 5) is 31.4. The largest absolute Gasteiger partial charge is 0.482 e. The van der Waals surface area contributed by atoms with Crippen molar-refractivity contribution in [2.45, 2.75) is 58.8 Å². The van der Waals surface area contributed by atoms with Crippen molar-refractivity contribution in [2.24, 2.45) is 5.92 Å². The number of aliphatic hydroxyl groups is 1. The molecule has 198 valence electrons. The van der Waals surface area contributed by atoms with Crippen LogP contribution < -0.4 is 20.3 Å². The summed E-state index contributed by atoms with van der Waals surface area (Å²) < 4.78 is 11.7. The minimum absolute atomic E-state index is 0.0300. The lowest BCUT2D eigenvalue weighted by molar-refractivity contribution is -0.123. The first-order valence-corrected chi connectivity index (χ1v) is 12.2. The normalized spacial score (nSPS) is 16.4. The molecule has 0 fully saturated rings. The van der Waals surface area contributed by atoms with Crippen LogP contribution in [0, 0.1) is 5.92 Å². The molecule has 0 spiro atoms. The lowest BCUT2D eigenvalue weighted by Crippen LogP contribution is -2.50. The van der Waals surface area contributed by atoms with E-state index in [4.69, 9.17) is 14.6 Å². The van der Waals surface area contributed by atoms with Crippen LogP contribution in [0.25, 0.3) is 0 Å². The van der Waals surface area contributed by atoms with Gasteiger partial charge in [-0.25, -0.2) is 4.79 Å². The van der Waals surface area contributed by atoms with Crippen LogP contribution in [-0.2, 0) is 16.0 Å². The van der Waals surface area contributed by atoms with Crippen molar-refractivity contribution in [3.8, 4) is 5.75 Å². The summed E-state index contributed by atoms with van der Waals surface area (Å²) in [5.41, 5.74) is 2.20. The highest BCUT2D eigenvalue weighted by Crippen LogP contribution is 2.32. The molecule has 2 amide bonds. The van der Waals surface area contributed by atoms with E-state index < -0.39 is 17.8 Å². The van der Waals surface area contributed by atoms with E-state index in [2.05, 4.69) is 15.6 Å². The van der Waals surface area contributed by atoms with Crippen LogP contribution in [0.2, 0.25) is 0 Å². The third-order valence-corrected chi connectivity index (χ3v) is 5.57. The number of carbonyl (C=O) groups is 2. The summed E-state index contributed by atoms with van der Waals surface area (Å²) in [5.74, 6) is 0.804. The Morgan fingerprint density at radius 3 is 2.58 bits per heavy atom. The first-order valence-electron chi connectivity index (χ1n) is 12.2. The van der Waals surface area contributed by atoms with E-state index in [9.17, 15) is 9.59 Å². The topological polar surface area (TPSA) is 113 Å². The summed E-state index contributed by atoms with van der Waals surface area (Å²) >= 11 is 0. The molecule has 0 bridgehead atoms. The number of ether oxygens (including phenoxy) is 2. The van der Waals surface area contributed by atoms with Crippen LogP contribution in [0.15, 0.2) is 42.6 Å². The van der Waals surface area contributed by atoms with Crippen LogP contribution >= 0.6 is 0 Å². The van der Waals surface area contributed by atoms with Crippen LogP contribution in [0.4, 0.5) is 10.5 Å². The zero-order valence-corrected chi connectivity index (χ0v) is 22.4. The molecular formula is C27H40N4O5. The minimum Gasteiger partial charge on any atom is -0.482 e. The quantitative estimate of drug-likeness (QED) is 0.557. The molecule has 9 heteroatoms. The van der Waals surface area contributed by atoms with Gasteiger partial charge in [-0.1, -0.05) is 26.0 Å². The molecule has 2 unspecified atom stereocenters. The fraction of sp³-hybridized carbons (Fsp3) is 0.519. The number of nitrogens with one attached hydrogen (secondary N) is 2. The number of amides is 2. The number of nitrogens with zero attached hydrogens (tertiary/aromatic N) is 2. The minimum atomic E-state index is -0.592. The van der Waals surface area contributed by atoms with E-state index in [0.717, 1.165) is 24.8 Å². The Labute approximate surface area is 214 Å². The number of aliphatic hydroxyl groups excluding tert-OH is 1. The first kappa shape index (κ1) is 28.9. The van der Waals surface area contributed by atoms with Crippen molar-refractivity contribution in [2.75, 3.05) is 32.1 Å². The average molecular weight is 501 g/mol. The summed E-state index contributed by atoms with van der Waals surface area (Å²) in [6.45, 7) is 10.3. The molecule has 1 aromatic heterocycles. The number of benzene rings is 1. The summed E-state index contributed by atoms with van der Waals surface area (Å²) in [6, 6.07) is 11.2. The van der Waals surface area contributed by atoms with E-state index in [1.54, 1.807) is 6.20 Å². The molecule has 0 saturated heterocycles. The third kappa shape index (κ3) is 8.12. The van der Waals surface area contributed by atoms with Crippen LogP contribution in [0.1, 0.15) is 52.0 Å². The molecule has 0 radical (unpaired) electrons. The van der Waals surface area contributed by atoms with Crippen LogP contribution in [0.3, 0.4) is 0 Å². The lowest BCUT2D eigenvalue weighted by atomic mass is 9.97. The van der Waals surface area contributed by atoms with Crippen molar-refractivity contribution in [1.29, 1.82) is 0 Å². The number of aromatic nitrogens is 1. The van der Waals surface area contributed by atoms with Gasteiger partial charge in [-0.2, -0.15) is 0 Å². The van der Waals surface area contributed by atoms with Gasteiger partial charge in [0.2, 0.25) is 5.91 Å². The molecule has 2 atom stereocenters. The third-order valence-electron chi connectivity index (χ3n) is 5.57. The predicted octanol–water partition coefficient (Wildman–Crippen LogP) is 3.47. The second-order valence-corrected chi connectivity index (χ2v) is 9.88. The van der Waals surface area contributed by atoms with E-state index in [-0.39, 0.29) is 24.4 Å². The number of fused-ring (bicyclic) bond motifs is 1. The van der Waals surface area contributed by atoms with Gasteiger partial charge in [-0.05, 0) is 56.9 Å². The van der Waals surface area contributed by atoms with Gasteiger partial charge in [-0.3, -0.25) is 9.78 Å². The second-order valence-electron chi connectivity index (χ2n) is 9.88. The number of pyridine rings is 1. The van der Waals surface area contributed by atoms with Gasteiger partial charge in [0.05, 0.1) is 12.2 Å². The number of carbonyl (C=O) groups excluding carboxylic acids is 2. The number of hydrogen-bond donors (Lipinski definition) is 3. The Morgan fingerprint density at radius 1 is 1.25 bits per heavy atom. The Hall–Kier alpha value is -3.33. The van der Waals surface area contributed by atoms with E-state index in [1.165, 1.54) is 0 Å². The monoisotopic (exact) mass is 500 g/mol. The summed E-state index contributed by atoms with van der Waals surface area (Å²) in [5, 5.41) is 12.8. The van der Waals surface area contributed by atoms with Gasteiger partial charge in [0.1, 0.15) is 17.4 Å². The maximum absolute atomic E-state index is 12.7. The first-order chi connectivity index (χ1) is 17.0. The van der Waals surface area contributed by atoms with Crippen molar-refractivity contribution in [3.63, 3.8) is 0 Å². The number of hydrogen-bond acceptors (Lipinski definition) is 7. The van der Waals surface area contributed by atoms with Crippen LogP contribution in [-0.4, -0.2) is 61.0 Å². The molecule has 2 heterocycles. The van der Waals surface area contributed by atoms with Gasteiger partial charge < -0.3 is 30.1 Å². The van der Waals surface area contributed by atoms with Gasteiger partial charge >= 0.3 is 6.09 Å². The molecule has 1 aliphatic rings. The highest BCUT2D eigenvalue weighted by molar-refractivity contribution is 5.86. The van der Waals surface area contributed by atoms with Gasteiger partial charge in [0.15, 0.2) is 6.10 Å². The van der Waals surface area contributed by atoms with Crippen molar-refractivity contribution in [1.82, 2.24) is 15.6 Å². The van der Waals surface area contributed by atoms with Crippen molar-refractivity contribution < 1.29 is 24.2 Å². The molecule has 2 aromatic rings. The molecule has 0 aliphatic carbocycles. The van der Waals surface area contributed by atoms with Crippen molar-refractivity contribution >= 4 is 17.7 Å². The highest BCUT2D eigenvalue weighted by Gasteiger charge is 2.30. The van der Waals surface area contributed by atoms with Gasteiger partial charge in [-0.15, -0.1) is 0 Å². The molecule has 1 aliphatic heterocycles. The smallest absolute Gasteiger partial charge is 0.407 e. The number of rotatable bonds is 6. The zero-order chi connectivity index (χ0) is 26.9. The Kier molecular flexibility index (Phi) is 10.5. The fourth-order valence-electron chi connectivity index (χ4n) is 4.08. The van der Waals surface area contributed by atoms with Gasteiger partial charge in [0.25, 0.3) is 0 Å². The fourth-order valence-corrected chi connectivity index (χ4v) is 4.08. The standard InChI is InChI=1S/C26H36N4O4.CH4O/c1-17(2)23-24(31)28-14-12-18-10-11-19(15-21(18)30(23)6)33-22(20-9-7-8-13-27-20)16-29-25(32)34-26(3,4)5;1-2/h7-11,13,15,17,22-23H,12,14,16H2,1-6H3,(H,28,31)(H,29,32);2H,1H3. The van der Waals surface area contributed by atoms with E-state index in [1.807, 2.05) is 83.0 Å². The SMILES string of the molecule is CC(C)C1C(=O)NCCc2ccc(OC(CNC(=O)OC(C)(C)C)c3ccccn3)cc2N1C.CO. The Morgan fingerprint density at radius 2 is 1.97 bits per heavy atom. The predicted molar refractivity (Wildman–Crippen MR) is 140 cm³/mol. The van der Waals surface area contributed by atoms with Crippen LogP contribution in [0.5, 0.6) is 5.75 Å². The number of alkyl carbamates (subject to hydrolysis) is 1. The average Bonchev–Trinajstić information content (AvgIpc) is 2.82. The zero-order valence-electron chi connectivity index (χ0n) is 22.4. The maximum Gasteiger partial charge on any atom is 0.407 e. The Bertz CT molecular complexity index is 991. The van der Waals surface area contributed by atoms with Gasteiger partial charge in [0, 0.05) is 38.7 Å². The van der Waals surface area contributed by atoms with E-state index in [0.29, 0.717) is 18.0 Å². The molecule has 3 rings (SSSR count). The molecule has 0 saturated carbocycles. The Balaban J connectivity index is 0.00000222. The highest BCUT2D eigenvalue weighted by atomic mass is 16.6. The molecular weight excluding hydrogens is 460 g/mol. The maximum atomic E-state index is 12.7. The lowest BCUT2D eigenvalue weighted by Gasteiger charge is -2.35. The number of likely N-dealkylation sites (N-methyl/N-ethyl adjacent to an activating group) is 1. The molecule has 36 heavy (non-hydrogen) atoms. The summed E-state index contributed by atoms with van der Waals surface area (Å²) in [7, 11) is 2.94. The van der Waals surface area contributed by atoms with E-state index >= 15 is 0 Å². The molecule has 3 N–H and O–H groups in total. The molecule has 1 aromatic carbocycles. The van der Waals surface area contributed by atoms with Crippen molar-refractivity contribution in [3.05, 3.63) is 53.9 Å².